The van der Waals surface area contributed by atoms with Crippen LogP contribution in [0.2, 0.25) is 0 Å². The monoisotopic (exact) mass is 872 g/mol. The number of nitrogens with zero attached hydrogens (tertiary/aromatic N) is 4. The van der Waals surface area contributed by atoms with Crippen LogP contribution in [-0.4, -0.2) is 19.9 Å². The third kappa shape index (κ3) is 6.98. The Hall–Kier alpha value is -9.00. The average Bonchev–Trinajstić information content (AvgIpc) is 4.01. The lowest BCUT2D eigenvalue weighted by Gasteiger charge is -2.12. The predicted octanol–water partition coefficient (Wildman–Crippen LogP) is 16.5. The number of benzene rings is 8. The van der Waals surface area contributed by atoms with Gasteiger partial charge in [-0.05, 0) is 60.4 Å². The zero-order chi connectivity index (χ0) is 45.0. The summed E-state index contributed by atoms with van der Waals surface area (Å²) in [4.78, 5) is 20.3. The SMILES string of the molecule is C1=CC(c2nc(-c3ccccc3)cc(-c3cccc(-c4cccc5c4oc4c5ccc5c6cccc(-c7cccc(-c8cc(-c9ccccc9)nc(-c9ccccc9)n8)c7)c6oc54)c3)n2)=CCC1. The fourth-order valence-electron chi connectivity index (χ4n) is 9.59. The number of fused-ring (bicyclic) bond motifs is 7. The fourth-order valence-corrected chi connectivity index (χ4v) is 9.59. The second-order valence-electron chi connectivity index (χ2n) is 17.2. The number of para-hydroxylation sites is 2. The van der Waals surface area contributed by atoms with Gasteiger partial charge in [-0.25, -0.2) is 19.9 Å². The van der Waals surface area contributed by atoms with Gasteiger partial charge in [0.25, 0.3) is 0 Å². The van der Waals surface area contributed by atoms with Crippen LogP contribution in [0.25, 0.3) is 128 Å². The highest BCUT2D eigenvalue weighted by Gasteiger charge is 2.21. The first-order chi connectivity index (χ1) is 33.7. The molecule has 1 aliphatic carbocycles. The van der Waals surface area contributed by atoms with E-state index in [-0.39, 0.29) is 0 Å². The van der Waals surface area contributed by atoms with Crippen molar-refractivity contribution in [3.8, 4) is 78.7 Å². The maximum Gasteiger partial charge on any atom is 0.178 e. The van der Waals surface area contributed by atoms with Crippen LogP contribution in [0, 0.1) is 0 Å². The summed E-state index contributed by atoms with van der Waals surface area (Å²) in [6.45, 7) is 0. The van der Waals surface area contributed by atoms with Crippen LogP contribution in [0.1, 0.15) is 18.7 Å². The van der Waals surface area contributed by atoms with Crippen LogP contribution in [0.4, 0.5) is 0 Å². The summed E-state index contributed by atoms with van der Waals surface area (Å²) >= 11 is 0. The van der Waals surface area contributed by atoms with E-state index in [4.69, 9.17) is 28.8 Å². The van der Waals surface area contributed by atoms with Gasteiger partial charge in [0.05, 0.1) is 22.8 Å². The van der Waals surface area contributed by atoms with Gasteiger partial charge in [-0.1, -0.05) is 182 Å². The smallest absolute Gasteiger partial charge is 0.178 e. The van der Waals surface area contributed by atoms with Crippen LogP contribution in [0.5, 0.6) is 0 Å². The van der Waals surface area contributed by atoms with Gasteiger partial charge >= 0.3 is 0 Å². The van der Waals surface area contributed by atoms with Crippen LogP contribution in [0.3, 0.4) is 0 Å². The minimum absolute atomic E-state index is 0.681. The molecule has 0 atom stereocenters. The van der Waals surface area contributed by atoms with Gasteiger partial charge in [0.1, 0.15) is 11.2 Å². The average molecular weight is 873 g/mol. The summed E-state index contributed by atoms with van der Waals surface area (Å²) in [6.07, 6.45) is 8.57. The number of allylic oxidation sites excluding steroid dienone is 4. The molecule has 0 bridgehead atoms. The molecule has 13 rings (SSSR count). The van der Waals surface area contributed by atoms with E-state index in [0.29, 0.717) is 5.82 Å². The zero-order valence-corrected chi connectivity index (χ0v) is 36.8. The largest absolute Gasteiger partial charge is 0.451 e. The quantitative estimate of drug-likeness (QED) is 0.151. The molecule has 0 amide bonds. The van der Waals surface area contributed by atoms with Crippen molar-refractivity contribution < 1.29 is 8.83 Å². The van der Waals surface area contributed by atoms with E-state index >= 15 is 0 Å². The molecule has 0 saturated carbocycles. The van der Waals surface area contributed by atoms with Crippen molar-refractivity contribution in [3.63, 3.8) is 0 Å². The van der Waals surface area contributed by atoms with E-state index in [1.165, 1.54) is 0 Å². The number of hydrogen-bond acceptors (Lipinski definition) is 6. The predicted molar refractivity (Wildman–Crippen MR) is 277 cm³/mol. The van der Waals surface area contributed by atoms with Crippen molar-refractivity contribution >= 4 is 49.5 Å². The Kier molecular flexibility index (Phi) is 9.53. The Morgan fingerprint density at radius 3 is 1.21 bits per heavy atom. The second kappa shape index (κ2) is 16.5. The number of furan rings is 2. The Labute approximate surface area is 392 Å². The van der Waals surface area contributed by atoms with Crippen molar-refractivity contribution in [2.75, 3.05) is 0 Å². The van der Waals surface area contributed by atoms with Gasteiger partial charge in [-0.2, -0.15) is 0 Å². The number of rotatable bonds is 8. The number of aromatic nitrogens is 4. The Morgan fingerprint density at radius 1 is 0.309 bits per heavy atom. The van der Waals surface area contributed by atoms with Crippen LogP contribution in [0.15, 0.2) is 227 Å². The van der Waals surface area contributed by atoms with Gasteiger partial charge in [0.15, 0.2) is 22.8 Å². The third-order valence-electron chi connectivity index (χ3n) is 12.9. The first-order valence-corrected chi connectivity index (χ1v) is 23.0. The van der Waals surface area contributed by atoms with E-state index in [2.05, 4.69) is 164 Å². The van der Waals surface area contributed by atoms with Crippen molar-refractivity contribution in [2.24, 2.45) is 0 Å². The third-order valence-corrected chi connectivity index (χ3v) is 12.9. The van der Waals surface area contributed by atoms with Crippen LogP contribution >= 0.6 is 0 Å². The molecule has 0 spiro atoms. The summed E-state index contributed by atoms with van der Waals surface area (Å²) < 4.78 is 13.9. The number of hydrogen-bond donors (Lipinski definition) is 0. The van der Waals surface area contributed by atoms with E-state index in [0.717, 1.165) is 141 Å². The fraction of sp³-hybridized carbons (Fsp3) is 0.0323. The van der Waals surface area contributed by atoms with Gasteiger partial charge in [0, 0.05) is 66.1 Å². The second-order valence-corrected chi connectivity index (χ2v) is 17.2. The molecule has 320 valence electrons. The molecule has 4 heterocycles. The molecule has 0 aliphatic heterocycles. The molecule has 8 aromatic carbocycles. The highest BCUT2D eigenvalue weighted by atomic mass is 16.4. The highest BCUT2D eigenvalue weighted by molar-refractivity contribution is 6.21. The molecule has 68 heavy (non-hydrogen) atoms. The topological polar surface area (TPSA) is 77.8 Å². The van der Waals surface area contributed by atoms with Crippen molar-refractivity contribution in [1.29, 1.82) is 0 Å². The lowest BCUT2D eigenvalue weighted by atomic mass is 9.98. The van der Waals surface area contributed by atoms with Gasteiger partial charge in [-0.3, -0.25) is 0 Å². The maximum absolute atomic E-state index is 6.97. The van der Waals surface area contributed by atoms with Gasteiger partial charge in [0.2, 0.25) is 0 Å². The van der Waals surface area contributed by atoms with E-state index in [9.17, 15) is 0 Å². The zero-order valence-electron chi connectivity index (χ0n) is 36.8. The highest BCUT2D eigenvalue weighted by Crippen LogP contribution is 2.44. The van der Waals surface area contributed by atoms with Crippen molar-refractivity contribution in [3.05, 3.63) is 224 Å². The summed E-state index contributed by atoms with van der Waals surface area (Å²) in [6, 6.07) is 69.1. The van der Waals surface area contributed by atoms with Crippen molar-refractivity contribution in [2.45, 2.75) is 12.8 Å². The van der Waals surface area contributed by atoms with Crippen LogP contribution in [-0.2, 0) is 0 Å². The molecule has 0 fully saturated rings. The Bertz CT molecular complexity index is 3900. The Balaban J connectivity index is 0.907. The molecule has 6 nitrogen and oxygen atoms in total. The summed E-state index contributed by atoms with van der Waals surface area (Å²) in [5.41, 5.74) is 16.6. The molecule has 1 aliphatic rings. The minimum atomic E-state index is 0.681. The van der Waals surface area contributed by atoms with E-state index < -0.39 is 0 Å². The maximum atomic E-state index is 6.97. The molecule has 0 radical (unpaired) electrons. The lowest BCUT2D eigenvalue weighted by Crippen LogP contribution is -1.99. The van der Waals surface area contributed by atoms with Crippen LogP contribution < -0.4 is 0 Å². The molecule has 0 N–H and O–H groups in total. The molecule has 0 unspecified atom stereocenters. The first-order valence-electron chi connectivity index (χ1n) is 23.0. The summed E-state index contributed by atoms with van der Waals surface area (Å²) in [5.74, 6) is 1.41. The molecule has 4 aromatic heterocycles. The van der Waals surface area contributed by atoms with Gasteiger partial charge in [-0.15, -0.1) is 0 Å². The normalized spacial score (nSPS) is 12.6. The molecular formula is C62H40N4O2. The van der Waals surface area contributed by atoms with Gasteiger partial charge < -0.3 is 8.83 Å². The Morgan fingerprint density at radius 2 is 0.721 bits per heavy atom. The lowest BCUT2D eigenvalue weighted by molar-refractivity contribution is 0.634. The summed E-state index contributed by atoms with van der Waals surface area (Å²) in [7, 11) is 0. The summed E-state index contributed by atoms with van der Waals surface area (Å²) in [5, 5.41) is 4.05. The van der Waals surface area contributed by atoms with E-state index in [1.54, 1.807) is 0 Å². The van der Waals surface area contributed by atoms with Crippen molar-refractivity contribution in [1.82, 2.24) is 19.9 Å². The first kappa shape index (κ1) is 39.4. The standard InChI is InChI=1S/C62H40N4O2/c1-5-17-39(18-6-1)53-37-55(65-61(63-53)41-21-9-3-10-22-41)45-27-13-25-43(35-45)47-29-15-31-49-51-33-34-52-50-32-16-30-48(58(50)68-60(52)59(51)67-57(47)49)44-26-14-28-46(36-44)56-38-54(40-19-7-2-8-20-40)64-62(66-56)42-23-11-4-12-24-42/h1-3,5-11,13-38H,4,12H2. The van der Waals surface area contributed by atoms with E-state index in [1.807, 2.05) is 54.6 Å². The minimum Gasteiger partial charge on any atom is -0.451 e. The molecule has 6 heteroatoms. The molecule has 12 aromatic rings. The molecule has 0 saturated heterocycles. The molecular weight excluding hydrogens is 833 g/mol.